The van der Waals surface area contributed by atoms with Gasteiger partial charge in [-0.05, 0) is 24.6 Å². The van der Waals surface area contributed by atoms with Crippen LogP contribution < -0.4 is 15.5 Å². The van der Waals surface area contributed by atoms with Crippen molar-refractivity contribution in [2.24, 2.45) is 5.10 Å². The van der Waals surface area contributed by atoms with Crippen LogP contribution in [0, 0.1) is 0 Å². The number of halogens is 1. The number of amides is 2. The Morgan fingerprint density at radius 2 is 1.58 bits per heavy atom. The van der Waals surface area contributed by atoms with E-state index in [1.54, 1.807) is 7.11 Å². The largest absolute Gasteiger partial charge is 0.496 e. The lowest BCUT2D eigenvalue weighted by Crippen LogP contribution is -2.34. The van der Waals surface area contributed by atoms with Crippen LogP contribution in [0.4, 0.5) is 0 Å². The second-order valence-corrected chi connectivity index (χ2v) is 8.66. The highest BCUT2D eigenvalue weighted by atomic mass is 79.9. The Kier molecular flexibility index (Phi) is 15.5. The van der Waals surface area contributed by atoms with Crippen molar-refractivity contribution in [2.75, 3.05) is 13.7 Å². The van der Waals surface area contributed by atoms with Gasteiger partial charge in [0.1, 0.15) is 5.75 Å². The monoisotopic (exact) mass is 495 g/mol. The predicted molar refractivity (Wildman–Crippen MR) is 131 cm³/mol. The van der Waals surface area contributed by atoms with Crippen LogP contribution in [0.3, 0.4) is 0 Å². The second kappa shape index (κ2) is 17.8. The van der Waals surface area contributed by atoms with Crippen molar-refractivity contribution >= 4 is 34.0 Å². The molecule has 0 aliphatic heterocycles. The number of methoxy groups -OCH3 is 1. The maximum absolute atomic E-state index is 11.9. The van der Waals surface area contributed by atoms with Gasteiger partial charge in [-0.3, -0.25) is 9.59 Å². The topological polar surface area (TPSA) is 79.8 Å². The Morgan fingerprint density at radius 3 is 2.19 bits per heavy atom. The zero-order chi connectivity index (χ0) is 22.7. The molecule has 1 rings (SSSR count). The van der Waals surface area contributed by atoms with Gasteiger partial charge in [-0.15, -0.1) is 0 Å². The summed E-state index contributed by atoms with van der Waals surface area (Å²) in [5.74, 6) is 0.197. The van der Waals surface area contributed by atoms with Gasteiger partial charge in [0.25, 0.3) is 5.91 Å². The van der Waals surface area contributed by atoms with Gasteiger partial charge in [-0.2, -0.15) is 5.10 Å². The second-order valence-electron chi connectivity index (χ2n) is 7.74. The lowest BCUT2D eigenvalue weighted by Gasteiger charge is -2.06. The van der Waals surface area contributed by atoms with Gasteiger partial charge in [0.05, 0.1) is 19.9 Å². The summed E-state index contributed by atoms with van der Waals surface area (Å²) in [7, 11) is 1.57. The maximum Gasteiger partial charge on any atom is 0.259 e. The van der Waals surface area contributed by atoms with Gasteiger partial charge >= 0.3 is 0 Å². The summed E-state index contributed by atoms with van der Waals surface area (Å²) in [4.78, 5) is 23.7. The molecule has 0 saturated heterocycles. The fourth-order valence-electron chi connectivity index (χ4n) is 3.24. The lowest BCUT2D eigenvalue weighted by atomic mass is 10.1. The molecule has 0 fully saturated rings. The molecule has 174 valence electrons. The highest BCUT2D eigenvalue weighted by molar-refractivity contribution is 9.10. The first-order valence-electron chi connectivity index (χ1n) is 11.5. The van der Waals surface area contributed by atoms with Crippen molar-refractivity contribution in [2.45, 2.75) is 84.0 Å². The number of benzene rings is 1. The first kappa shape index (κ1) is 27.1. The molecule has 6 nitrogen and oxygen atoms in total. The molecule has 2 amide bonds. The minimum Gasteiger partial charge on any atom is -0.496 e. The number of ether oxygens (including phenoxy) is 1. The number of nitrogens with zero attached hydrogens (tertiary/aromatic N) is 1. The van der Waals surface area contributed by atoms with Crippen molar-refractivity contribution in [1.82, 2.24) is 10.7 Å². The molecule has 0 spiro atoms. The summed E-state index contributed by atoms with van der Waals surface area (Å²) in [6.07, 6.45) is 15.7. The van der Waals surface area contributed by atoms with Crippen LogP contribution in [0.25, 0.3) is 0 Å². The predicted octanol–water partition coefficient (Wildman–Crippen LogP) is 5.73. The molecule has 1 aromatic carbocycles. The molecule has 0 aromatic heterocycles. The lowest BCUT2D eigenvalue weighted by molar-refractivity contribution is -0.126. The van der Waals surface area contributed by atoms with E-state index in [1.165, 1.54) is 64.0 Å². The fraction of sp³-hybridized carbons (Fsp3) is 0.625. The molecule has 2 N–H and O–H groups in total. The molecular weight excluding hydrogens is 458 g/mol. The molecule has 7 heteroatoms. The van der Waals surface area contributed by atoms with E-state index in [1.807, 2.05) is 18.2 Å². The maximum atomic E-state index is 11.9. The zero-order valence-electron chi connectivity index (χ0n) is 19.1. The van der Waals surface area contributed by atoms with Crippen LogP contribution in [0.5, 0.6) is 5.75 Å². The normalized spacial score (nSPS) is 10.9. The molecule has 0 aliphatic carbocycles. The molecule has 0 atom stereocenters. The molecule has 0 unspecified atom stereocenters. The standard InChI is InChI=1S/C24H38BrN3O3/c1-3-4-5-6-7-8-9-10-11-12-13-14-23(29)26-19-24(30)28-27-18-20-17-21(25)15-16-22(20)31-2/h15-18H,3-14,19H2,1-2H3,(H,26,29)(H,28,30)/b27-18-. The minimum atomic E-state index is -0.363. The highest BCUT2D eigenvalue weighted by Gasteiger charge is 2.05. The van der Waals surface area contributed by atoms with E-state index in [0.717, 1.165) is 22.9 Å². The van der Waals surface area contributed by atoms with E-state index < -0.39 is 0 Å². The molecule has 0 bridgehead atoms. The number of hydrogen-bond donors (Lipinski definition) is 2. The van der Waals surface area contributed by atoms with E-state index in [4.69, 9.17) is 4.74 Å². The van der Waals surface area contributed by atoms with Gasteiger partial charge in [0, 0.05) is 16.5 Å². The Morgan fingerprint density at radius 1 is 0.968 bits per heavy atom. The van der Waals surface area contributed by atoms with E-state index in [9.17, 15) is 9.59 Å². The van der Waals surface area contributed by atoms with Crippen LogP contribution in [0.1, 0.15) is 89.5 Å². The van der Waals surface area contributed by atoms with E-state index in [0.29, 0.717) is 12.2 Å². The number of nitrogens with one attached hydrogen (secondary N) is 2. The van der Waals surface area contributed by atoms with Gasteiger partial charge < -0.3 is 10.1 Å². The summed E-state index contributed by atoms with van der Waals surface area (Å²) in [5, 5.41) is 6.57. The third-order valence-electron chi connectivity index (χ3n) is 5.04. The highest BCUT2D eigenvalue weighted by Crippen LogP contribution is 2.21. The molecule has 31 heavy (non-hydrogen) atoms. The van der Waals surface area contributed by atoms with Crippen LogP contribution in [-0.2, 0) is 9.59 Å². The quantitative estimate of drug-likeness (QED) is 0.164. The summed E-state index contributed by atoms with van der Waals surface area (Å²) in [6.45, 7) is 2.16. The number of carbonyl (C=O) groups excluding carboxylic acids is 2. The number of carbonyl (C=O) groups is 2. The number of hydrogen-bond acceptors (Lipinski definition) is 4. The van der Waals surface area contributed by atoms with Crippen LogP contribution >= 0.6 is 15.9 Å². The minimum absolute atomic E-state index is 0.0795. The van der Waals surface area contributed by atoms with Crippen molar-refractivity contribution in [1.29, 1.82) is 0 Å². The van der Waals surface area contributed by atoms with Crippen LogP contribution in [-0.4, -0.2) is 31.7 Å². The van der Waals surface area contributed by atoms with E-state index >= 15 is 0 Å². The molecule has 1 aromatic rings. The SMILES string of the molecule is CCCCCCCCCCCCCC(=O)NCC(=O)N/N=C\c1cc(Br)ccc1OC. The average Bonchev–Trinajstić information content (AvgIpc) is 2.76. The molecule has 0 radical (unpaired) electrons. The van der Waals surface area contributed by atoms with Gasteiger partial charge in [-0.1, -0.05) is 87.1 Å². The van der Waals surface area contributed by atoms with Crippen LogP contribution in [0.15, 0.2) is 27.8 Å². The number of hydrazone groups is 1. The number of rotatable bonds is 17. The van der Waals surface area contributed by atoms with Crippen molar-refractivity contribution in [3.05, 3.63) is 28.2 Å². The first-order valence-corrected chi connectivity index (χ1v) is 12.3. The summed E-state index contributed by atoms with van der Waals surface area (Å²) >= 11 is 3.39. The van der Waals surface area contributed by atoms with Gasteiger partial charge in [0.2, 0.25) is 5.91 Å². The molecular formula is C24H38BrN3O3. The summed E-state index contributed by atoms with van der Waals surface area (Å²) in [6, 6.07) is 5.51. The smallest absolute Gasteiger partial charge is 0.259 e. The van der Waals surface area contributed by atoms with Crippen molar-refractivity contribution in [3.63, 3.8) is 0 Å². The Hall–Kier alpha value is -1.89. The van der Waals surface area contributed by atoms with Crippen molar-refractivity contribution in [3.8, 4) is 5.75 Å². The molecule has 0 aliphatic rings. The Labute approximate surface area is 195 Å². The Balaban J connectivity index is 2.06. The molecule has 0 heterocycles. The summed E-state index contributed by atoms with van der Waals surface area (Å²) < 4.78 is 6.13. The van der Waals surface area contributed by atoms with Gasteiger partial charge in [-0.25, -0.2) is 5.43 Å². The third kappa shape index (κ3) is 13.9. The fourth-order valence-corrected chi connectivity index (χ4v) is 3.62. The van der Waals surface area contributed by atoms with E-state index in [-0.39, 0.29) is 18.4 Å². The van der Waals surface area contributed by atoms with Crippen LogP contribution in [0.2, 0.25) is 0 Å². The number of unbranched alkanes of at least 4 members (excludes halogenated alkanes) is 10. The third-order valence-corrected chi connectivity index (χ3v) is 5.53. The zero-order valence-corrected chi connectivity index (χ0v) is 20.6. The van der Waals surface area contributed by atoms with Gasteiger partial charge in [0.15, 0.2) is 0 Å². The first-order chi connectivity index (χ1) is 15.1. The summed E-state index contributed by atoms with van der Waals surface area (Å²) in [5.41, 5.74) is 3.15. The van der Waals surface area contributed by atoms with Crippen molar-refractivity contribution < 1.29 is 14.3 Å². The van der Waals surface area contributed by atoms with E-state index in [2.05, 4.69) is 38.7 Å². The molecule has 0 saturated carbocycles. The average molecular weight is 496 g/mol. The Bertz CT molecular complexity index is 680.